The molecule has 0 atom stereocenters. The lowest BCUT2D eigenvalue weighted by molar-refractivity contribution is -0.136. The van der Waals surface area contributed by atoms with Crippen LogP contribution in [0.15, 0.2) is 36.7 Å². The molecule has 0 spiro atoms. The highest BCUT2D eigenvalue weighted by atomic mass is 16.5. The molecule has 2 fully saturated rings. The summed E-state index contributed by atoms with van der Waals surface area (Å²) in [7, 11) is 0. The van der Waals surface area contributed by atoms with E-state index in [1.165, 1.54) is 0 Å². The number of aromatic amines is 1. The molecule has 4 N–H and O–H groups in total. The number of amides is 1. The Balaban J connectivity index is 1.35. The van der Waals surface area contributed by atoms with Gasteiger partial charge in [0.1, 0.15) is 23.4 Å². The maximum absolute atomic E-state index is 12.5. The minimum atomic E-state index is -1.31. The highest BCUT2D eigenvalue weighted by Gasteiger charge is 2.37. The molecule has 31 heavy (non-hydrogen) atoms. The number of rotatable bonds is 4. The van der Waals surface area contributed by atoms with Crippen molar-refractivity contribution in [2.24, 2.45) is 0 Å². The fraction of sp³-hybridized carbons (Fsp3) is 0.409. The molecular weight excluding hydrogens is 396 g/mol. The molecule has 0 unspecified atom stereocenters. The van der Waals surface area contributed by atoms with Crippen molar-refractivity contribution in [3.8, 4) is 11.3 Å². The number of ether oxygens (including phenoxy) is 1. The van der Waals surface area contributed by atoms with E-state index < -0.39 is 5.60 Å². The van der Waals surface area contributed by atoms with Crippen molar-refractivity contribution in [2.75, 3.05) is 49.6 Å². The summed E-state index contributed by atoms with van der Waals surface area (Å²) in [6.45, 7) is 4.28. The van der Waals surface area contributed by atoms with Crippen molar-refractivity contribution in [3.63, 3.8) is 0 Å². The molecule has 1 amide bonds. The lowest BCUT2D eigenvalue weighted by atomic mass is 9.91. The van der Waals surface area contributed by atoms with Crippen LogP contribution in [-0.4, -0.2) is 71.0 Å². The summed E-state index contributed by atoms with van der Waals surface area (Å²) in [6.07, 6.45) is 2.41. The third-order valence-electron chi connectivity index (χ3n) is 6.02. The van der Waals surface area contributed by atoms with Crippen LogP contribution >= 0.6 is 0 Å². The number of piperidine rings is 1. The van der Waals surface area contributed by atoms with Crippen LogP contribution in [0.5, 0.6) is 0 Å². The van der Waals surface area contributed by atoms with Gasteiger partial charge in [0, 0.05) is 24.5 Å². The van der Waals surface area contributed by atoms with Gasteiger partial charge in [0.05, 0.1) is 18.6 Å². The van der Waals surface area contributed by atoms with E-state index in [9.17, 15) is 9.90 Å². The number of H-pyrrole nitrogens is 1. The van der Waals surface area contributed by atoms with E-state index >= 15 is 0 Å². The summed E-state index contributed by atoms with van der Waals surface area (Å²) in [4.78, 5) is 27.0. The van der Waals surface area contributed by atoms with E-state index in [0.29, 0.717) is 44.8 Å². The first kappa shape index (κ1) is 19.9. The zero-order chi connectivity index (χ0) is 21.3. The summed E-state index contributed by atoms with van der Waals surface area (Å²) in [6, 6.07) is 9.63. The van der Waals surface area contributed by atoms with Crippen LogP contribution in [0, 0.1) is 0 Å². The summed E-state index contributed by atoms with van der Waals surface area (Å²) in [5.41, 5.74) is 2.04. The van der Waals surface area contributed by atoms with Crippen LogP contribution < -0.4 is 15.5 Å². The Bertz CT molecular complexity index is 1070. The second-order valence-electron chi connectivity index (χ2n) is 8.06. The van der Waals surface area contributed by atoms with Gasteiger partial charge in [-0.25, -0.2) is 9.97 Å². The lowest BCUT2D eigenvalue weighted by Crippen LogP contribution is -2.50. The van der Waals surface area contributed by atoms with E-state index in [1.54, 1.807) is 6.33 Å². The second-order valence-corrected chi connectivity index (χ2v) is 8.06. The number of fused-ring (bicyclic) bond motifs is 1. The van der Waals surface area contributed by atoms with Crippen LogP contribution in [0.2, 0.25) is 0 Å². The number of carbonyl (C=O) groups is 1. The predicted molar refractivity (Wildman–Crippen MR) is 118 cm³/mol. The molecule has 4 heterocycles. The predicted octanol–water partition coefficient (Wildman–Crippen LogP) is 1.51. The summed E-state index contributed by atoms with van der Waals surface area (Å²) < 4.78 is 5.45. The van der Waals surface area contributed by atoms with Crippen molar-refractivity contribution in [1.82, 2.24) is 20.3 Å². The van der Waals surface area contributed by atoms with Gasteiger partial charge < -0.3 is 30.4 Å². The van der Waals surface area contributed by atoms with E-state index in [0.717, 1.165) is 41.2 Å². The average molecular weight is 422 g/mol. The van der Waals surface area contributed by atoms with Crippen molar-refractivity contribution in [2.45, 2.75) is 18.4 Å². The maximum atomic E-state index is 12.5. The fourth-order valence-electron chi connectivity index (χ4n) is 4.16. The number of carbonyl (C=O) groups excluding carboxylic acids is 1. The molecule has 5 rings (SSSR count). The van der Waals surface area contributed by atoms with Gasteiger partial charge in [0.15, 0.2) is 0 Å². The topological polar surface area (TPSA) is 115 Å². The van der Waals surface area contributed by atoms with E-state index in [1.807, 2.05) is 24.3 Å². The molecule has 0 aliphatic carbocycles. The number of anilines is 2. The Labute approximate surface area is 179 Å². The number of aromatic nitrogens is 3. The number of morpholine rings is 1. The number of benzene rings is 1. The number of hydrogen-bond donors (Lipinski definition) is 4. The largest absolute Gasteiger partial charge is 0.380 e. The zero-order valence-electron chi connectivity index (χ0n) is 17.2. The SMILES string of the molecule is O=C(Nc1ccc(-c2cc3c(N4CCOCC4)ncnc3[nH]2)cc1)C1(O)CCNCC1. The standard InChI is InChI=1S/C22H26N6O3/c29-21(22(30)5-7-23-8-6-22)26-16-3-1-15(2-4-16)18-13-17-19(27-18)24-14-25-20(17)28-9-11-31-12-10-28/h1-4,13-14,23,30H,5-12H2,(H,26,29)(H,24,25,27). The number of nitrogens with one attached hydrogen (secondary N) is 3. The highest BCUT2D eigenvalue weighted by molar-refractivity contribution is 5.97. The third-order valence-corrected chi connectivity index (χ3v) is 6.02. The van der Waals surface area contributed by atoms with Crippen LogP contribution in [-0.2, 0) is 9.53 Å². The first-order valence-corrected chi connectivity index (χ1v) is 10.6. The first-order chi connectivity index (χ1) is 15.1. The Morgan fingerprint density at radius 1 is 1.13 bits per heavy atom. The van der Waals surface area contributed by atoms with Gasteiger partial charge in [-0.15, -0.1) is 0 Å². The van der Waals surface area contributed by atoms with Crippen LogP contribution in [0.1, 0.15) is 12.8 Å². The Morgan fingerprint density at radius 2 is 1.87 bits per heavy atom. The Morgan fingerprint density at radius 3 is 2.61 bits per heavy atom. The molecule has 2 saturated heterocycles. The molecular formula is C22H26N6O3. The summed E-state index contributed by atoms with van der Waals surface area (Å²) in [5, 5.41) is 17.5. The van der Waals surface area contributed by atoms with E-state index in [2.05, 4.69) is 36.6 Å². The van der Waals surface area contributed by atoms with E-state index in [-0.39, 0.29) is 5.91 Å². The van der Waals surface area contributed by atoms with Crippen LogP contribution in [0.4, 0.5) is 11.5 Å². The number of nitrogens with zero attached hydrogens (tertiary/aromatic N) is 3. The number of aliphatic hydroxyl groups is 1. The van der Waals surface area contributed by atoms with Gasteiger partial charge in [0.2, 0.25) is 0 Å². The fourth-order valence-corrected chi connectivity index (χ4v) is 4.16. The van der Waals surface area contributed by atoms with Crippen molar-refractivity contribution >= 4 is 28.4 Å². The lowest BCUT2D eigenvalue weighted by Gasteiger charge is -2.31. The van der Waals surface area contributed by atoms with Gasteiger partial charge in [-0.3, -0.25) is 4.79 Å². The molecule has 2 aliphatic rings. The van der Waals surface area contributed by atoms with Crippen molar-refractivity contribution in [1.29, 1.82) is 0 Å². The van der Waals surface area contributed by atoms with Gasteiger partial charge in [-0.1, -0.05) is 12.1 Å². The second kappa shape index (κ2) is 8.26. The zero-order valence-corrected chi connectivity index (χ0v) is 17.2. The van der Waals surface area contributed by atoms with Gasteiger partial charge >= 0.3 is 0 Å². The van der Waals surface area contributed by atoms with E-state index in [4.69, 9.17) is 4.74 Å². The highest BCUT2D eigenvalue weighted by Crippen LogP contribution is 2.30. The molecule has 0 radical (unpaired) electrons. The average Bonchev–Trinajstić information content (AvgIpc) is 3.25. The van der Waals surface area contributed by atoms with Crippen molar-refractivity contribution in [3.05, 3.63) is 36.7 Å². The van der Waals surface area contributed by atoms with Gasteiger partial charge in [-0.2, -0.15) is 0 Å². The minimum Gasteiger partial charge on any atom is -0.380 e. The molecule has 162 valence electrons. The Hall–Kier alpha value is -3.01. The minimum absolute atomic E-state index is 0.349. The Kier molecular flexibility index (Phi) is 5.31. The van der Waals surface area contributed by atoms with Gasteiger partial charge in [-0.05, 0) is 49.7 Å². The molecule has 0 saturated carbocycles. The molecule has 9 heteroatoms. The maximum Gasteiger partial charge on any atom is 0.256 e. The molecule has 2 aliphatic heterocycles. The third kappa shape index (κ3) is 3.99. The van der Waals surface area contributed by atoms with Crippen LogP contribution in [0.25, 0.3) is 22.3 Å². The molecule has 1 aromatic carbocycles. The summed E-state index contributed by atoms with van der Waals surface area (Å²) >= 11 is 0. The molecule has 3 aromatic rings. The molecule has 2 aromatic heterocycles. The molecule has 9 nitrogen and oxygen atoms in total. The number of hydrogen-bond acceptors (Lipinski definition) is 7. The first-order valence-electron chi connectivity index (χ1n) is 10.6. The van der Waals surface area contributed by atoms with Gasteiger partial charge in [0.25, 0.3) is 5.91 Å². The smallest absolute Gasteiger partial charge is 0.256 e. The summed E-state index contributed by atoms with van der Waals surface area (Å²) in [5.74, 6) is 0.563. The quantitative estimate of drug-likeness (QED) is 0.504. The monoisotopic (exact) mass is 422 g/mol. The van der Waals surface area contributed by atoms with Crippen molar-refractivity contribution < 1.29 is 14.6 Å². The molecule has 0 bridgehead atoms. The normalized spacial score (nSPS) is 18.8. The van der Waals surface area contributed by atoms with Crippen LogP contribution in [0.3, 0.4) is 0 Å².